The Kier molecular flexibility index (Phi) is 6.84. The first-order valence-corrected chi connectivity index (χ1v) is 10.7. The van der Waals surface area contributed by atoms with E-state index in [0.717, 1.165) is 22.3 Å². The molecule has 3 aromatic rings. The van der Waals surface area contributed by atoms with Crippen LogP contribution in [0.4, 0.5) is 4.79 Å². The number of carbonyl (C=O) groups excluding carboxylic acids is 2. The number of aliphatic hydroxyl groups excluding tert-OH is 1. The molecule has 34 heavy (non-hydrogen) atoms. The minimum Gasteiger partial charge on any atom is -0.480 e. The van der Waals surface area contributed by atoms with Crippen molar-refractivity contribution in [1.82, 2.24) is 15.6 Å². The molecule has 0 spiro atoms. The summed E-state index contributed by atoms with van der Waals surface area (Å²) in [5.41, 5.74) is 5.03. The van der Waals surface area contributed by atoms with Crippen molar-refractivity contribution in [2.24, 2.45) is 0 Å². The average Bonchev–Trinajstić information content (AvgIpc) is 3.18. The summed E-state index contributed by atoms with van der Waals surface area (Å²) in [5.74, 6) is -2.08. The van der Waals surface area contributed by atoms with E-state index in [1.54, 1.807) is 0 Å². The van der Waals surface area contributed by atoms with Gasteiger partial charge in [-0.25, -0.2) is 9.59 Å². The molecule has 0 bridgehead atoms. The monoisotopic (exact) mass is 461 g/mol. The number of alkyl carbamates (subject to hydrolysis) is 1. The number of ether oxygens (including phenoxy) is 1. The van der Waals surface area contributed by atoms with E-state index < -0.39 is 30.6 Å². The van der Waals surface area contributed by atoms with E-state index in [9.17, 15) is 14.4 Å². The number of fused-ring (bicyclic) bond motifs is 3. The van der Waals surface area contributed by atoms with Gasteiger partial charge in [0.1, 0.15) is 6.61 Å². The molecule has 1 aliphatic rings. The summed E-state index contributed by atoms with van der Waals surface area (Å²) < 4.78 is 5.48. The summed E-state index contributed by atoms with van der Waals surface area (Å²) in [6, 6.07) is 17.5. The molecule has 2 amide bonds. The summed E-state index contributed by atoms with van der Waals surface area (Å²) >= 11 is 0. The number of hydrogen-bond donors (Lipinski definition) is 4. The number of benzene rings is 2. The standard InChI is InChI=1S/C25H23N3O6/c29-13-22(24(31)32)28-23(30)15-9-10-26-16(11-15)12-27-25(33)34-14-21-19-7-3-1-5-17(19)18-6-2-4-8-20(18)21/h1-11,21-22,29H,12-14H2,(H,27,33)(H,28,30)(H,31,32)/t22-/m1/s1. The number of aromatic nitrogens is 1. The molecule has 1 heterocycles. The molecule has 4 rings (SSSR count). The fraction of sp³-hybridized carbons (Fsp3) is 0.200. The summed E-state index contributed by atoms with van der Waals surface area (Å²) in [5, 5.41) is 22.9. The zero-order valence-corrected chi connectivity index (χ0v) is 18.1. The first-order chi connectivity index (χ1) is 16.5. The van der Waals surface area contributed by atoms with E-state index >= 15 is 0 Å². The first kappa shape index (κ1) is 22.9. The van der Waals surface area contributed by atoms with Gasteiger partial charge in [0.25, 0.3) is 5.91 Å². The van der Waals surface area contributed by atoms with Gasteiger partial charge in [0.05, 0.1) is 18.8 Å². The number of amides is 2. The van der Waals surface area contributed by atoms with Gasteiger partial charge in [-0.1, -0.05) is 48.5 Å². The largest absolute Gasteiger partial charge is 0.480 e. The predicted octanol–water partition coefficient (Wildman–Crippen LogP) is 2.30. The van der Waals surface area contributed by atoms with Gasteiger partial charge in [0, 0.05) is 17.7 Å². The molecule has 0 fully saturated rings. The number of carboxylic acid groups (broad SMARTS) is 1. The topological polar surface area (TPSA) is 138 Å². The molecule has 0 radical (unpaired) electrons. The molecule has 1 aliphatic carbocycles. The molecule has 0 saturated heterocycles. The summed E-state index contributed by atoms with van der Waals surface area (Å²) in [6.07, 6.45) is 0.753. The molecule has 174 valence electrons. The van der Waals surface area contributed by atoms with Crippen molar-refractivity contribution in [1.29, 1.82) is 0 Å². The van der Waals surface area contributed by atoms with E-state index in [4.69, 9.17) is 14.9 Å². The maximum absolute atomic E-state index is 12.3. The van der Waals surface area contributed by atoms with E-state index in [1.807, 2.05) is 36.4 Å². The highest BCUT2D eigenvalue weighted by Gasteiger charge is 2.29. The van der Waals surface area contributed by atoms with Crippen LogP contribution < -0.4 is 10.6 Å². The fourth-order valence-electron chi connectivity index (χ4n) is 3.96. The third-order valence-electron chi connectivity index (χ3n) is 5.62. The average molecular weight is 461 g/mol. The molecule has 0 aliphatic heterocycles. The molecule has 0 unspecified atom stereocenters. The normalized spacial score (nSPS) is 12.9. The van der Waals surface area contributed by atoms with Crippen LogP contribution in [0, 0.1) is 0 Å². The van der Waals surface area contributed by atoms with Crippen LogP contribution in [-0.4, -0.2) is 52.4 Å². The van der Waals surface area contributed by atoms with Crippen molar-refractivity contribution >= 4 is 18.0 Å². The number of carbonyl (C=O) groups is 3. The highest BCUT2D eigenvalue weighted by molar-refractivity contribution is 5.96. The van der Waals surface area contributed by atoms with Gasteiger partial charge >= 0.3 is 12.1 Å². The van der Waals surface area contributed by atoms with E-state index in [0.29, 0.717) is 5.69 Å². The van der Waals surface area contributed by atoms with Crippen LogP contribution >= 0.6 is 0 Å². The maximum atomic E-state index is 12.3. The molecular weight excluding hydrogens is 438 g/mol. The predicted molar refractivity (Wildman–Crippen MR) is 122 cm³/mol. The Bertz CT molecular complexity index is 1180. The van der Waals surface area contributed by atoms with Gasteiger partial charge in [-0.15, -0.1) is 0 Å². The van der Waals surface area contributed by atoms with Crippen LogP contribution in [0.2, 0.25) is 0 Å². The molecule has 1 aromatic heterocycles. The smallest absolute Gasteiger partial charge is 0.407 e. The van der Waals surface area contributed by atoms with Gasteiger partial charge in [-0.05, 0) is 34.4 Å². The van der Waals surface area contributed by atoms with Crippen molar-refractivity contribution in [3.8, 4) is 11.1 Å². The van der Waals surface area contributed by atoms with Gasteiger partial charge in [0.15, 0.2) is 6.04 Å². The van der Waals surface area contributed by atoms with Gasteiger partial charge in [-0.2, -0.15) is 0 Å². The Balaban J connectivity index is 1.34. The van der Waals surface area contributed by atoms with Crippen molar-refractivity contribution in [2.45, 2.75) is 18.5 Å². The Morgan fingerprint density at radius 2 is 1.65 bits per heavy atom. The molecular formula is C25H23N3O6. The second-order valence-corrected chi connectivity index (χ2v) is 7.76. The SMILES string of the molecule is O=C(NCc1cc(C(=O)N[C@H](CO)C(=O)O)ccn1)OCC1c2ccccc2-c2ccccc21. The number of pyridine rings is 1. The zero-order chi connectivity index (χ0) is 24.1. The number of nitrogens with one attached hydrogen (secondary N) is 2. The molecule has 4 N–H and O–H groups in total. The number of rotatable bonds is 8. The van der Waals surface area contributed by atoms with Crippen LogP contribution in [-0.2, 0) is 16.1 Å². The summed E-state index contributed by atoms with van der Waals surface area (Å²) in [4.78, 5) is 39.7. The minimum atomic E-state index is -1.41. The van der Waals surface area contributed by atoms with Crippen molar-refractivity contribution in [3.63, 3.8) is 0 Å². The van der Waals surface area contributed by atoms with Crippen LogP contribution in [0.5, 0.6) is 0 Å². The number of hydrogen-bond acceptors (Lipinski definition) is 6. The number of aliphatic carboxylic acids is 1. The lowest BCUT2D eigenvalue weighted by atomic mass is 9.98. The lowest BCUT2D eigenvalue weighted by molar-refractivity contribution is -0.140. The lowest BCUT2D eigenvalue weighted by Crippen LogP contribution is -2.43. The number of nitrogens with zero attached hydrogens (tertiary/aromatic N) is 1. The first-order valence-electron chi connectivity index (χ1n) is 10.7. The van der Waals surface area contributed by atoms with Gasteiger partial charge < -0.3 is 25.6 Å². The van der Waals surface area contributed by atoms with Crippen molar-refractivity contribution in [2.75, 3.05) is 13.2 Å². The Morgan fingerprint density at radius 1 is 1.00 bits per heavy atom. The highest BCUT2D eigenvalue weighted by atomic mass is 16.5. The molecule has 2 aromatic carbocycles. The quantitative estimate of drug-likeness (QED) is 0.404. The molecule has 9 nitrogen and oxygen atoms in total. The Morgan fingerprint density at radius 3 is 2.26 bits per heavy atom. The second-order valence-electron chi connectivity index (χ2n) is 7.76. The van der Waals surface area contributed by atoms with E-state index in [1.165, 1.54) is 18.3 Å². The minimum absolute atomic E-state index is 0.0140. The van der Waals surface area contributed by atoms with Gasteiger partial charge in [0.2, 0.25) is 0 Å². The van der Waals surface area contributed by atoms with E-state index in [2.05, 4.69) is 27.8 Å². The zero-order valence-electron chi connectivity index (χ0n) is 18.1. The molecule has 1 atom stereocenters. The highest BCUT2D eigenvalue weighted by Crippen LogP contribution is 2.44. The van der Waals surface area contributed by atoms with Crippen molar-refractivity contribution in [3.05, 3.63) is 89.2 Å². The summed E-state index contributed by atoms with van der Waals surface area (Å²) in [6.45, 7) is -0.546. The summed E-state index contributed by atoms with van der Waals surface area (Å²) in [7, 11) is 0. The molecule has 9 heteroatoms. The Labute approximate surface area is 195 Å². The fourth-order valence-corrected chi connectivity index (χ4v) is 3.96. The molecule has 0 saturated carbocycles. The van der Waals surface area contributed by atoms with Crippen LogP contribution in [0.15, 0.2) is 66.9 Å². The van der Waals surface area contributed by atoms with Crippen LogP contribution in [0.25, 0.3) is 11.1 Å². The van der Waals surface area contributed by atoms with Crippen LogP contribution in [0.1, 0.15) is 33.1 Å². The third-order valence-corrected chi connectivity index (χ3v) is 5.62. The van der Waals surface area contributed by atoms with Crippen LogP contribution in [0.3, 0.4) is 0 Å². The van der Waals surface area contributed by atoms with Gasteiger partial charge in [-0.3, -0.25) is 9.78 Å². The number of aliphatic hydroxyl groups is 1. The lowest BCUT2D eigenvalue weighted by Gasteiger charge is -2.15. The van der Waals surface area contributed by atoms with E-state index in [-0.39, 0.29) is 24.6 Å². The van der Waals surface area contributed by atoms with Crippen molar-refractivity contribution < 1.29 is 29.3 Å². The third kappa shape index (κ3) is 4.89. The second kappa shape index (κ2) is 10.1. The Hall–Kier alpha value is -4.24. The number of carboxylic acids is 1. The maximum Gasteiger partial charge on any atom is 0.407 e.